The van der Waals surface area contributed by atoms with Crippen molar-refractivity contribution in [2.24, 2.45) is 0 Å². The van der Waals surface area contributed by atoms with Gasteiger partial charge in [-0.25, -0.2) is 8.78 Å². The summed E-state index contributed by atoms with van der Waals surface area (Å²) in [5.74, 6) is -1.12. The van der Waals surface area contributed by atoms with Gasteiger partial charge in [0.1, 0.15) is 11.6 Å². The van der Waals surface area contributed by atoms with Crippen LogP contribution >= 0.6 is 22.9 Å². The molecule has 0 fully saturated rings. The zero-order valence-electron chi connectivity index (χ0n) is 10.4. The first kappa shape index (κ1) is 13.5. The van der Waals surface area contributed by atoms with E-state index in [0.717, 1.165) is 21.7 Å². The molecular formula is C16H11ClF2S. The Labute approximate surface area is 124 Å². The zero-order chi connectivity index (χ0) is 14.1. The van der Waals surface area contributed by atoms with Crippen molar-refractivity contribution in [3.63, 3.8) is 0 Å². The number of halogens is 3. The monoisotopic (exact) mass is 308 g/mol. The molecule has 0 spiro atoms. The van der Waals surface area contributed by atoms with Crippen LogP contribution in [-0.2, 0) is 6.42 Å². The number of rotatable bonds is 3. The van der Waals surface area contributed by atoms with Crippen molar-refractivity contribution in [1.82, 2.24) is 0 Å². The second kappa shape index (κ2) is 5.51. The van der Waals surface area contributed by atoms with Crippen LogP contribution in [0.4, 0.5) is 8.78 Å². The van der Waals surface area contributed by atoms with Gasteiger partial charge in [0.2, 0.25) is 0 Å². The highest BCUT2D eigenvalue weighted by Gasteiger charge is 2.16. The third kappa shape index (κ3) is 2.56. The maximum Gasteiger partial charge on any atom is 0.129 e. The summed E-state index contributed by atoms with van der Waals surface area (Å²) in [6.07, 6.45) is 0.342. The Morgan fingerprint density at radius 3 is 2.70 bits per heavy atom. The summed E-state index contributed by atoms with van der Waals surface area (Å²) in [6.45, 7) is 0. The summed E-state index contributed by atoms with van der Waals surface area (Å²) in [7, 11) is 0. The van der Waals surface area contributed by atoms with Crippen molar-refractivity contribution in [1.29, 1.82) is 0 Å². The molecule has 0 saturated heterocycles. The lowest BCUT2D eigenvalue weighted by atomic mass is 10.0. The van der Waals surface area contributed by atoms with Crippen molar-refractivity contribution in [3.8, 4) is 0 Å². The minimum Gasteiger partial charge on any atom is -0.207 e. The Balaban J connectivity index is 1.91. The fourth-order valence-corrected chi connectivity index (χ4v) is 3.67. The lowest BCUT2D eigenvalue weighted by Crippen LogP contribution is -1.98. The van der Waals surface area contributed by atoms with Crippen LogP contribution in [0.5, 0.6) is 0 Å². The maximum absolute atomic E-state index is 13.7. The molecule has 0 aliphatic rings. The summed E-state index contributed by atoms with van der Waals surface area (Å²) in [5.41, 5.74) is 1.43. The molecule has 102 valence electrons. The lowest BCUT2D eigenvalue weighted by molar-refractivity contribution is 0.571. The summed E-state index contributed by atoms with van der Waals surface area (Å²) in [6, 6.07) is 11.6. The van der Waals surface area contributed by atoms with E-state index >= 15 is 0 Å². The number of fused-ring (bicyclic) bond motifs is 1. The third-order valence-electron chi connectivity index (χ3n) is 3.26. The molecule has 20 heavy (non-hydrogen) atoms. The molecule has 3 rings (SSSR count). The average molecular weight is 309 g/mol. The van der Waals surface area contributed by atoms with Gasteiger partial charge in [0.15, 0.2) is 0 Å². The molecule has 0 nitrogen and oxygen atoms in total. The van der Waals surface area contributed by atoms with Crippen LogP contribution in [-0.4, -0.2) is 0 Å². The van der Waals surface area contributed by atoms with E-state index in [1.54, 1.807) is 11.3 Å². The molecule has 4 heteroatoms. The molecule has 2 aromatic carbocycles. The van der Waals surface area contributed by atoms with E-state index in [1.165, 1.54) is 12.1 Å². The number of hydrogen-bond donors (Lipinski definition) is 0. The third-order valence-corrected chi connectivity index (χ3v) is 4.63. The van der Waals surface area contributed by atoms with Gasteiger partial charge < -0.3 is 0 Å². The van der Waals surface area contributed by atoms with Gasteiger partial charge in [0.25, 0.3) is 0 Å². The molecule has 0 saturated carbocycles. The van der Waals surface area contributed by atoms with Gasteiger partial charge in [-0.1, -0.05) is 24.3 Å². The van der Waals surface area contributed by atoms with E-state index < -0.39 is 11.6 Å². The molecule has 0 N–H and O–H groups in total. The van der Waals surface area contributed by atoms with Crippen molar-refractivity contribution in [3.05, 3.63) is 70.6 Å². The molecule has 0 aliphatic heterocycles. The summed E-state index contributed by atoms with van der Waals surface area (Å²) >= 11 is 8.04. The first-order chi connectivity index (χ1) is 9.65. The number of alkyl halides is 1. The van der Waals surface area contributed by atoms with Gasteiger partial charge in [-0.2, -0.15) is 0 Å². The quantitative estimate of drug-likeness (QED) is 0.544. The van der Waals surface area contributed by atoms with Crippen LogP contribution in [0.25, 0.3) is 10.1 Å². The lowest BCUT2D eigenvalue weighted by Gasteiger charge is -2.10. The van der Waals surface area contributed by atoms with Crippen molar-refractivity contribution < 1.29 is 8.78 Å². The highest BCUT2D eigenvalue weighted by Crippen LogP contribution is 2.35. The molecule has 1 aromatic heterocycles. The molecule has 0 bridgehead atoms. The van der Waals surface area contributed by atoms with Crippen LogP contribution in [0.3, 0.4) is 0 Å². The maximum atomic E-state index is 13.7. The van der Waals surface area contributed by atoms with Crippen molar-refractivity contribution in [2.45, 2.75) is 11.8 Å². The molecule has 0 amide bonds. The van der Waals surface area contributed by atoms with Crippen LogP contribution in [0.1, 0.15) is 16.5 Å². The fraction of sp³-hybridized carbons (Fsp3) is 0.125. The van der Waals surface area contributed by atoms with Gasteiger partial charge in [0, 0.05) is 10.8 Å². The highest BCUT2D eigenvalue weighted by molar-refractivity contribution is 7.17. The number of hydrogen-bond acceptors (Lipinski definition) is 1. The highest BCUT2D eigenvalue weighted by atomic mass is 35.5. The second-order valence-corrected chi connectivity index (χ2v) is 6.03. The number of thiophene rings is 1. The van der Waals surface area contributed by atoms with E-state index in [0.29, 0.717) is 12.0 Å². The minimum atomic E-state index is -0.571. The van der Waals surface area contributed by atoms with E-state index in [-0.39, 0.29) is 5.38 Å². The summed E-state index contributed by atoms with van der Waals surface area (Å²) in [5, 5.41) is 2.77. The van der Waals surface area contributed by atoms with Gasteiger partial charge in [0.05, 0.1) is 5.38 Å². The Kier molecular flexibility index (Phi) is 3.72. The van der Waals surface area contributed by atoms with Crippen LogP contribution in [0.15, 0.2) is 47.8 Å². The summed E-state index contributed by atoms with van der Waals surface area (Å²) in [4.78, 5) is 0. The zero-order valence-corrected chi connectivity index (χ0v) is 12.0. The second-order valence-electron chi connectivity index (χ2n) is 4.59. The van der Waals surface area contributed by atoms with E-state index in [4.69, 9.17) is 11.6 Å². The van der Waals surface area contributed by atoms with Crippen LogP contribution in [0, 0.1) is 11.6 Å². The largest absolute Gasteiger partial charge is 0.207 e. The molecule has 0 radical (unpaired) electrons. The predicted octanol–water partition coefficient (Wildman–Crippen LogP) is 5.70. The Hall–Kier alpha value is -1.45. The normalized spacial score (nSPS) is 12.8. The van der Waals surface area contributed by atoms with Crippen molar-refractivity contribution in [2.75, 3.05) is 0 Å². The Morgan fingerprint density at radius 1 is 1.10 bits per heavy atom. The average Bonchev–Trinajstić information content (AvgIpc) is 2.86. The first-order valence-electron chi connectivity index (χ1n) is 6.19. The topological polar surface area (TPSA) is 0 Å². The predicted molar refractivity (Wildman–Crippen MR) is 80.5 cm³/mol. The smallest absolute Gasteiger partial charge is 0.129 e. The standard InChI is InChI=1S/C16H11ClF2S/c17-14(7-10-5-6-11(18)8-15(10)19)13-9-20-16-4-2-1-3-12(13)16/h1-6,8-9,14H,7H2. The van der Waals surface area contributed by atoms with E-state index in [1.807, 2.05) is 29.6 Å². The fourth-order valence-electron chi connectivity index (χ4n) is 2.23. The molecule has 1 heterocycles. The van der Waals surface area contributed by atoms with Gasteiger partial charge in [-0.05, 0) is 40.4 Å². The Bertz CT molecular complexity index is 751. The SMILES string of the molecule is Fc1ccc(CC(Cl)c2csc3ccccc23)c(F)c1. The summed E-state index contributed by atoms with van der Waals surface area (Å²) < 4.78 is 27.7. The molecule has 1 atom stereocenters. The molecule has 1 unspecified atom stereocenters. The van der Waals surface area contributed by atoms with Gasteiger partial charge in [-0.3, -0.25) is 0 Å². The minimum absolute atomic E-state index is 0.328. The molecular weight excluding hydrogens is 298 g/mol. The van der Waals surface area contributed by atoms with Crippen LogP contribution in [0.2, 0.25) is 0 Å². The molecule has 0 aliphatic carbocycles. The van der Waals surface area contributed by atoms with Crippen LogP contribution < -0.4 is 0 Å². The van der Waals surface area contributed by atoms with E-state index in [9.17, 15) is 8.78 Å². The van der Waals surface area contributed by atoms with Gasteiger partial charge in [-0.15, -0.1) is 22.9 Å². The molecule has 3 aromatic rings. The van der Waals surface area contributed by atoms with Gasteiger partial charge >= 0.3 is 0 Å². The first-order valence-corrected chi connectivity index (χ1v) is 7.51. The number of benzene rings is 2. The Morgan fingerprint density at radius 2 is 1.90 bits per heavy atom. The van der Waals surface area contributed by atoms with Crippen molar-refractivity contribution >= 4 is 33.0 Å². The van der Waals surface area contributed by atoms with E-state index in [2.05, 4.69) is 0 Å².